The SMILES string of the molecule is CC(CC(O)C1OC1(C)C1CCCC1)C1=C2CCC3C4(C)CC(c5cccc(O)c5)C(=O)C(C)(C)C4CCC34CCCC(C1=O)C24C. The molecule has 7 aliphatic rings. The van der Waals surface area contributed by atoms with Crippen LogP contribution in [0.2, 0.25) is 0 Å². The molecular formula is C42H58O5. The molecule has 0 radical (unpaired) electrons. The van der Waals surface area contributed by atoms with Gasteiger partial charge in [-0.3, -0.25) is 9.59 Å². The van der Waals surface area contributed by atoms with Crippen LogP contribution in [0.5, 0.6) is 5.75 Å². The van der Waals surface area contributed by atoms with E-state index >= 15 is 0 Å². The Balaban J connectivity index is 1.13. The summed E-state index contributed by atoms with van der Waals surface area (Å²) in [5.74, 6) is 2.05. The molecule has 5 nitrogen and oxygen atoms in total. The molecule has 11 atom stereocenters. The average Bonchev–Trinajstić information content (AvgIpc) is 3.32. The average molecular weight is 643 g/mol. The van der Waals surface area contributed by atoms with Gasteiger partial charge < -0.3 is 14.9 Å². The lowest BCUT2D eigenvalue weighted by Crippen LogP contribution is -2.66. The molecule has 47 heavy (non-hydrogen) atoms. The number of hydrogen-bond donors (Lipinski definition) is 2. The van der Waals surface area contributed by atoms with Crippen LogP contribution in [0.15, 0.2) is 35.4 Å². The molecular weight excluding hydrogens is 584 g/mol. The summed E-state index contributed by atoms with van der Waals surface area (Å²) >= 11 is 0. The monoisotopic (exact) mass is 642 g/mol. The first-order valence-electron chi connectivity index (χ1n) is 19.2. The van der Waals surface area contributed by atoms with E-state index in [1.165, 1.54) is 31.3 Å². The topological polar surface area (TPSA) is 87.1 Å². The van der Waals surface area contributed by atoms with Crippen LogP contribution in [-0.2, 0) is 14.3 Å². The number of fused-ring (bicyclic) bond motifs is 2. The third-order valence-corrected chi connectivity index (χ3v) is 16.4. The lowest BCUT2D eigenvalue weighted by molar-refractivity contribution is -0.206. The third kappa shape index (κ3) is 4.20. The Bertz CT molecular complexity index is 1520. The molecule has 1 aromatic carbocycles. The number of benzene rings is 1. The number of ether oxygens (including phenoxy) is 1. The molecule has 2 N–H and O–H groups in total. The van der Waals surface area contributed by atoms with Crippen molar-refractivity contribution < 1.29 is 24.5 Å². The van der Waals surface area contributed by atoms with E-state index in [1.807, 2.05) is 12.1 Å². The molecule has 1 saturated heterocycles. The summed E-state index contributed by atoms with van der Waals surface area (Å²) in [6.07, 6.45) is 13.1. The summed E-state index contributed by atoms with van der Waals surface area (Å²) in [7, 11) is 0. The summed E-state index contributed by atoms with van der Waals surface area (Å²) in [4.78, 5) is 28.9. The summed E-state index contributed by atoms with van der Waals surface area (Å²) < 4.78 is 6.25. The van der Waals surface area contributed by atoms with Crippen LogP contribution in [0.25, 0.3) is 0 Å². The van der Waals surface area contributed by atoms with Crippen molar-refractivity contribution in [3.05, 3.63) is 41.0 Å². The summed E-state index contributed by atoms with van der Waals surface area (Å²) in [6.45, 7) is 13.8. The Hall–Kier alpha value is -1.98. The zero-order valence-corrected chi connectivity index (χ0v) is 29.7. The van der Waals surface area contributed by atoms with E-state index in [9.17, 15) is 19.8 Å². The van der Waals surface area contributed by atoms with E-state index in [1.54, 1.807) is 12.1 Å². The Labute approximate surface area is 282 Å². The van der Waals surface area contributed by atoms with Gasteiger partial charge in [0.2, 0.25) is 0 Å². The molecule has 1 aromatic rings. The zero-order valence-electron chi connectivity index (χ0n) is 29.7. The molecule has 6 aliphatic carbocycles. The first-order valence-corrected chi connectivity index (χ1v) is 19.2. The van der Waals surface area contributed by atoms with Crippen molar-refractivity contribution >= 4 is 11.6 Å². The van der Waals surface area contributed by atoms with E-state index in [-0.39, 0.29) is 51.5 Å². The first-order chi connectivity index (χ1) is 22.2. The van der Waals surface area contributed by atoms with Gasteiger partial charge in [-0.15, -0.1) is 0 Å². The molecule has 8 rings (SSSR count). The number of allylic oxidation sites excluding steroid dienone is 2. The van der Waals surface area contributed by atoms with Crippen molar-refractivity contribution in [3.8, 4) is 5.75 Å². The van der Waals surface area contributed by atoms with Gasteiger partial charge in [0.25, 0.3) is 0 Å². The summed E-state index contributed by atoms with van der Waals surface area (Å²) in [6, 6.07) is 7.41. The van der Waals surface area contributed by atoms with Gasteiger partial charge in [-0.25, -0.2) is 0 Å². The minimum absolute atomic E-state index is 0.0221. The van der Waals surface area contributed by atoms with Crippen molar-refractivity contribution in [2.45, 2.75) is 149 Å². The number of aromatic hydroxyl groups is 1. The van der Waals surface area contributed by atoms with Crippen LogP contribution in [0, 0.1) is 51.2 Å². The Morgan fingerprint density at radius 2 is 1.68 bits per heavy atom. The number of hydrogen-bond acceptors (Lipinski definition) is 5. The minimum atomic E-state index is -0.539. The largest absolute Gasteiger partial charge is 0.508 e. The highest BCUT2D eigenvalue weighted by Crippen LogP contribution is 2.78. The molecule has 256 valence electrons. The highest BCUT2D eigenvalue weighted by Gasteiger charge is 2.73. The van der Waals surface area contributed by atoms with Crippen molar-refractivity contribution in [1.82, 2.24) is 0 Å². The van der Waals surface area contributed by atoms with Crippen LogP contribution < -0.4 is 0 Å². The molecule has 0 aromatic heterocycles. The Kier molecular flexibility index (Phi) is 7.21. The van der Waals surface area contributed by atoms with Gasteiger partial charge in [0, 0.05) is 22.7 Å². The van der Waals surface area contributed by atoms with Gasteiger partial charge in [0.1, 0.15) is 17.6 Å². The van der Waals surface area contributed by atoms with E-state index < -0.39 is 11.5 Å². The van der Waals surface area contributed by atoms with Crippen molar-refractivity contribution in [3.63, 3.8) is 0 Å². The number of Topliss-reactive ketones (excluding diaryl/α,β-unsaturated/α-hetero) is 2. The number of phenols is 1. The molecule has 1 spiro atoms. The number of carbonyl (C=O) groups excluding carboxylic acids is 2. The molecule has 11 unspecified atom stereocenters. The van der Waals surface area contributed by atoms with Gasteiger partial charge in [-0.05, 0) is 129 Å². The lowest BCUT2D eigenvalue weighted by Gasteiger charge is -2.71. The number of aliphatic hydroxyl groups is 1. The Morgan fingerprint density at radius 3 is 2.40 bits per heavy atom. The van der Waals surface area contributed by atoms with Crippen LogP contribution >= 0.6 is 0 Å². The highest BCUT2D eigenvalue weighted by atomic mass is 16.6. The Morgan fingerprint density at radius 1 is 0.936 bits per heavy atom. The molecule has 5 heteroatoms. The molecule has 1 heterocycles. The lowest BCUT2D eigenvalue weighted by atomic mass is 9.32. The fourth-order valence-electron chi connectivity index (χ4n) is 14.3. The van der Waals surface area contributed by atoms with Crippen LogP contribution in [0.4, 0.5) is 0 Å². The number of carbonyl (C=O) groups is 2. The van der Waals surface area contributed by atoms with Gasteiger partial charge >= 0.3 is 0 Å². The van der Waals surface area contributed by atoms with E-state index in [2.05, 4.69) is 41.5 Å². The van der Waals surface area contributed by atoms with Crippen molar-refractivity contribution in [2.24, 2.45) is 51.2 Å². The minimum Gasteiger partial charge on any atom is -0.508 e. The normalized spacial score (nSPS) is 45.3. The number of ketones is 2. The van der Waals surface area contributed by atoms with E-state index in [0.717, 1.165) is 62.5 Å². The predicted octanol–water partition coefficient (Wildman–Crippen LogP) is 8.71. The molecule has 6 fully saturated rings. The fraction of sp³-hybridized carbons (Fsp3) is 0.762. The van der Waals surface area contributed by atoms with Gasteiger partial charge in [0.15, 0.2) is 5.78 Å². The molecule has 0 bridgehead atoms. The van der Waals surface area contributed by atoms with Crippen LogP contribution in [0.3, 0.4) is 0 Å². The van der Waals surface area contributed by atoms with Crippen molar-refractivity contribution in [2.75, 3.05) is 0 Å². The maximum absolute atomic E-state index is 14.6. The number of rotatable bonds is 6. The number of phenolic OH excluding ortho intramolecular Hbond substituents is 1. The third-order valence-electron chi connectivity index (χ3n) is 16.4. The second-order valence-electron chi connectivity index (χ2n) is 18.6. The fourth-order valence-corrected chi connectivity index (χ4v) is 14.3. The van der Waals surface area contributed by atoms with Crippen LogP contribution in [-0.4, -0.2) is 39.6 Å². The van der Waals surface area contributed by atoms with E-state index in [4.69, 9.17) is 4.74 Å². The smallest absolute Gasteiger partial charge is 0.163 e. The maximum Gasteiger partial charge on any atom is 0.163 e. The highest BCUT2D eigenvalue weighted by molar-refractivity contribution is 6.02. The molecule has 5 saturated carbocycles. The van der Waals surface area contributed by atoms with Gasteiger partial charge in [0.05, 0.1) is 11.7 Å². The second-order valence-corrected chi connectivity index (χ2v) is 18.6. The van der Waals surface area contributed by atoms with E-state index in [0.29, 0.717) is 35.7 Å². The van der Waals surface area contributed by atoms with Crippen molar-refractivity contribution in [1.29, 1.82) is 0 Å². The summed E-state index contributed by atoms with van der Waals surface area (Å²) in [5.41, 5.74) is 2.63. The molecule has 1 aliphatic heterocycles. The number of aliphatic hydroxyl groups excluding tert-OH is 1. The zero-order chi connectivity index (χ0) is 33.3. The predicted molar refractivity (Wildman–Crippen MR) is 183 cm³/mol. The summed E-state index contributed by atoms with van der Waals surface area (Å²) in [5, 5.41) is 21.9. The second kappa shape index (κ2) is 10.5. The van der Waals surface area contributed by atoms with Gasteiger partial charge in [-0.1, -0.05) is 71.6 Å². The standard InChI is InChI=1S/C42H58O5/c1-24(21-31(44)37-41(6,47-37)26-12-7-8-13-26)34-29-16-17-33-39(4)23-28(25-11-9-14-27(43)22-25)36(46)38(2,3)32(39)18-20-42(33)19-10-15-30(35(34)45)40(29,42)5/h9,11,14,22,24,26,28,30-33,37,43-44H,7-8,10,12-13,15-21,23H2,1-6H3. The van der Waals surface area contributed by atoms with Gasteiger partial charge in [-0.2, -0.15) is 0 Å². The van der Waals surface area contributed by atoms with Crippen LogP contribution in [0.1, 0.15) is 136 Å². The first kappa shape index (κ1) is 32.2. The maximum atomic E-state index is 14.6. The molecule has 0 amide bonds. The number of epoxide rings is 1. The quantitative estimate of drug-likeness (QED) is 0.303.